The molecule has 0 fully saturated rings. The number of halogens is 2. The quantitative estimate of drug-likeness (QED) is 0.648. The van der Waals surface area contributed by atoms with Crippen molar-refractivity contribution in [3.8, 4) is 0 Å². The fourth-order valence-electron chi connectivity index (χ4n) is 3.14. The van der Waals surface area contributed by atoms with Crippen molar-refractivity contribution in [1.29, 1.82) is 0 Å². The molecule has 0 saturated heterocycles. The van der Waals surface area contributed by atoms with Crippen LogP contribution in [0.4, 0.5) is 0 Å². The Kier molecular flexibility index (Phi) is 6.92. The van der Waals surface area contributed by atoms with Crippen LogP contribution in [0, 0.1) is 0 Å². The third-order valence-corrected chi connectivity index (χ3v) is 5.00. The van der Waals surface area contributed by atoms with Gasteiger partial charge in [0.25, 0.3) is 0 Å². The molecule has 0 aliphatic carbocycles. The zero-order chi connectivity index (χ0) is 18.4. The summed E-state index contributed by atoms with van der Waals surface area (Å²) in [7, 11) is 0. The third-order valence-electron chi connectivity index (χ3n) is 4.42. The molecule has 0 aliphatic rings. The average molecular weight is 378 g/mol. The van der Waals surface area contributed by atoms with Gasteiger partial charge in [-0.25, -0.2) is 0 Å². The zero-order valence-corrected chi connectivity index (χ0v) is 16.5. The van der Waals surface area contributed by atoms with Gasteiger partial charge < -0.3 is 5.32 Å². The van der Waals surface area contributed by atoms with Crippen LogP contribution in [0.15, 0.2) is 48.5 Å². The van der Waals surface area contributed by atoms with E-state index in [0.717, 1.165) is 12.0 Å². The largest absolute Gasteiger partial charge is 0.354 e. The number of nitrogens with one attached hydrogen (secondary N) is 1. The lowest BCUT2D eigenvalue weighted by Crippen LogP contribution is -2.37. The Morgan fingerprint density at radius 1 is 1.12 bits per heavy atom. The van der Waals surface area contributed by atoms with Gasteiger partial charge in [0.1, 0.15) is 0 Å². The third kappa shape index (κ3) is 6.05. The van der Waals surface area contributed by atoms with E-state index < -0.39 is 0 Å². The topological polar surface area (TPSA) is 29.1 Å². The van der Waals surface area contributed by atoms with E-state index in [1.807, 2.05) is 12.1 Å². The first-order valence-corrected chi connectivity index (χ1v) is 9.32. The summed E-state index contributed by atoms with van der Waals surface area (Å²) < 4.78 is 0. The standard InChI is InChI=1S/C21H25Cl2NO/c1-15(14-21(2,3)17-7-5-4-6-8-17)24-20(25)12-10-16-9-11-18(22)13-19(16)23/h4-9,11,13,15H,10,12,14H2,1-3H3,(H,24,25). The van der Waals surface area contributed by atoms with E-state index >= 15 is 0 Å². The highest BCUT2D eigenvalue weighted by atomic mass is 35.5. The maximum absolute atomic E-state index is 12.2. The van der Waals surface area contributed by atoms with Gasteiger partial charge in [-0.15, -0.1) is 0 Å². The van der Waals surface area contributed by atoms with Crippen LogP contribution in [0.3, 0.4) is 0 Å². The second-order valence-corrected chi connectivity index (χ2v) is 8.00. The van der Waals surface area contributed by atoms with Crippen LogP contribution in [0.25, 0.3) is 0 Å². The highest BCUT2D eigenvalue weighted by Crippen LogP contribution is 2.28. The number of amides is 1. The predicted molar refractivity (Wildman–Crippen MR) is 106 cm³/mol. The Balaban J connectivity index is 1.85. The fourth-order valence-corrected chi connectivity index (χ4v) is 3.65. The molecule has 1 N–H and O–H groups in total. The van der Waals surface area contributed by atoms with Gasteiger partial charge in [-0.05, 0) is 48.4 Å². The summed E-state index contributed by atoms with van der Waals surface area (Å²) in [6.45, 7) is 6.47. The first-order valence-electron chi connectivity index (χ1n) is 8.57. The van der Waals surface area contributed by atoms with Crippen molar-refractivity contribution >= 4 is 29.1 Å². The fraction of sp³-hybridized carbons (Fsp3) is 0.381. The van der Waals surface area contributed by atoms with Crippen molar-refractivity contribution in [2.24, 2.45) is 0 Å². The molecule has 4 heteroatoms. The maximum atomic E-state index is 12.2. The lowest BCUT2D eigenvalue weighted by molar-refractivity contribution is -0.121. The van der Waals surface area contributed by atoms with Crippen molar-refractivity contribution in [3.63, 3.8) is 0 Å². The van der Waals surface area contributed by atoms with Crippen LogP contribution in [0.5, 0.6) is 0 Å². The van der Waals surface area contributed by atoms with Crippen LogP contribution in [-0.4, -0.2) is 11.9 Å². The molecule has 134 valence electrons. The van der Waals surface area contributed by atoms with Crippen LogP contribution in [0.1, 0.15) is 44.7 Å². The molecule has 0 aliphatic heterocycles. The molecule has 0 heterocycles. The molecule has 0 radical (unpaired) electrons. The predicted octanol–water partition coefficient (Wildman–Crippen LogP) is 5.80. The maximum Gasteiger partial charge on any atom is 0.220 e. The minimum atomic E-state index is 0.00738. The monoisotopic (exact) mass is 377 g/mol. The van der Waals surface area contributed by atoms with Gasteiger partial charge in [0, 0.05) is 22.5 Å². The Morgan fingerprint density at radius 2 is 1.80 bits per heavy atom. The SMILES string of the molecule is CC(CC(C)(C)c1ccccc1)NC(=O)CCc1ccc(Cl)cc1Cl. The van der Waals surface area contributed by atoms with Gasteiger partial charge in [0.05, 0.1) is 0 Å². The summed E-state index contributed by atoms with van der Waals surface area (Å²) in [5, 5.41) is 4.31. The van der Waals surface area contributed by atoms with Gasteiger partial charge in [0.15, 0.2) is 0 Å². The van der Waals surface area contributed by atoms with E-state index in [9.17, 15) is 4.79 Å². The summed E-state index contributed by atoms with van der Waals surface area (Å²) in [5.41, 5.74) is 2.23. The first-order chi connectivity index (χ1) is 11.8. The van der Waals surface area contributed by atoms with E-state index in [1.165, 1.54) is 5.56 Å². The van der Waals surface area contributed by atoms with Crippen molar-refractivity contribution in [3.05, 3.63) is 69.7 Å². The molecule has 0 saturated carbocycles. The molecular formula is C21H25Cl2NO. The number of hydrogen-bond donors (Lipinski definition) is 1. The molecule has 2 nitrogen and oxygen atoms in total. The first kappa shape index (κ1) is 19.8. The van der Waals surface area contributed by atoms with Gasteiger partial charge in [-0.1, -0.05) is 73.4 Å². The lowest BCUT2D eigenvalue weighted by Gasteiger charge is -2.29. The number of hydrogen-bond acceptors (Lipinski definition) is 1. The Bertz CT molecular complexity index is 713. The molecule has 0 spiro atoms. The van der Waals surface area contributed by atoms with Crippen LogP contribution in [0.2, 0.25) is 10.0 Å². The van der Waals surface area contributed by atoms with Gasteiger partial charge in [-0.3, -0.25) is 4.79 Å². The molecule has 1 atom stereocenters. The Labute approximate surface area is 160 Å². The van der Waals surface area contributed by atoms with E-state index in [1.54, 1.807) is 12.1 Å². The number of rotatable bonds is 7. The molecule has 1 unspecified atom stereocenters. The number of carbonyl (C=O) groups excluding carboxylic acids is 1. The van der Waals surface area contributed by atoms with Gasteiger partial charge in [0.2, 0.25) is 5.91 Å². The van der Waals surface area contributed by atoms with Crippen LogP contribution in [-0.2, 0) is 16.6 Å². The van der Waals surface area contributed by atoms with Crippen LogP contribution >= 0.6 is 23.2 Å². The van der Waals surface area contributed by atoms with E-state index in [4.69, 9.17) is 23.2 Å². The molecule has 1 amide bonds. The lowest BCUT2D eigenvalue weighted by atomic mass is 9.79. The van der Waals surface area contributed by atoms with Crippen molar-refractivity contribution in [2.45, 2.75) is 51.5 Å². The second kappa shape index (κ2) is 8.73. The van der Waals surface area contributed by atoms with E-state index in [2.05, 4.69) is 50.4 Å². The molecule has 0 aromatic heterocycles. The van der Waals surface area contributed by atoms with Crippen molar-refractivity contribution < 1.29 is 4.79 Å². The summed E-state index contributed by atoms with van der Waals surface area (Å²) in [6, 6.07) is 15.9. The van der Waals surface area contributed by atoms with Gasteiger partial charge in [-0.2, -0.15) is 0 Å². The molecule has 2 aromatic carbocycles. The number of benzene rings is 2. The molecule has 2 rings (SSSR count). The van der Waals surface area contributed by atoms with Crippen LogP contribution < -0.4 is 5.32 Å². The van der Waals surface area contributed by atoms with E-state index in [0.29, 0.717) is 22.9 Å². The zero-order valence-electron chi connectivity index (χ0n) is 15.0. The smallest absolute Gasteiger partial charge is 0.220 e. The Morgan fingerprint density at radius 3 is 2.44 bits per heavy atom. The number of aryl methyl sites for hydroxylation is 1. The normalized spacial score (nSPS) is 12.7. The number of carbonyl (C=O) groups is 1. The molecule has 2 aromatic rings. The Hall–Kier alpha value is -1.51. The molecule has 25 heavy (non-hydrogen) atoms. The van der Waals surface area contributed by atoms with Crippen molar-refractivity contribution in [2.75, 3.05) is 0 Å². The van der Waals surface area contributed by atoms with E-state index in [-0.39, 0.29) is 17.4 Å². The summed E-state index contributed by atoms with van der Waals surface area (Å²) >= 11 is 12.1. The van der Waals surface area contributed by atoms with Crippen molar-refractivity contribution in [1.82, 2.24) is 5.32 Å². The average Bonchev–Trinajstić information content (AvgIpc) is 2.54. The highest BCUT2D eigenvalue weighted by molar-refractivity contribution is 6.35. The molecule has 0 bridgehead atoms. The minimum absolute atomic E-state index is 0.00738. The minimum Gasteiger partial charge on any atom is -0.354 e. The van der Waals surface area contributed by atoms with Gasteiger partial charge >= 0.3 is 0 Å². The highest BCUT2D eigenvalue weighted by Gasteiger charge is 2.23. The summed E-state index contributed by atoms with van der Waals surface area (Å²) in [5.74, 6) is 0.0439. The summed E-state index contributed by atoms with van der Waals surface area (Å²) in [4.78, 5) is 12.2. The second-order valence-electron chi connectivity index (χ2n) is 7.16. The summed E-state index contributed by atoms with van der Waals surface area (Å²) in [6.07, 6.45) is 1.90. The molecular weight excluding hydrogens is 353 g/mol.